The number of pyridine rings is 1. The van der Waals surface area contributed by atoms with Crippen molar-refractivity contribution >= 4 is 28.4 Å². The molecule has 2 bridgehead atoms. The summed E-state index contributed by atoms with van der Waals surface area (Å²) in [6.07, 6.45) is 11.2. The predicted molar refractivity (Wildman–Crippen MR) is 123 cm³/mol. The van der Waals surface area contributed by atoms with Crippen LogP contribution < -0.4 is 5.43 Å². The van der Waals surface area contributed by atoms with E-state index in [-0.39, 0.29) is 22.9 Å². The zero-order valence-corrected chi connectivity index (χ0v) is 18.4. The molecule has 0 saturated carbocycles. The van der Waals surface area contributed by atoms with Crippen molar-refractivity contribution in [3.63, 3.8) is 0 Å². The molecule has 0 spiro atoms. The van der Waals surface area contributed by atoms with Gasteiger partial charge in [-0.05, 0) is 62.6 Å². The zero-order chi connectivity index (χ0) is 21.1. The van der Waals surface area contributed by atoms with Crippen LogP contribution in [-0.4, -0.2) is 52.4 Å². The fourth-order valence-electron chi connectivity index (χ4n) is 6.73. The van der Waals surface area contributed by atoms with E-state index in [1.165, 1.54) is 37.8 Å². The second kappa shape index (κ2) is 7.49. The third-order valence-electron chi connectivity index (χ3n) is 8.01. The molecule has 5 nitrogen and oxygen atoms in total. The lowest BCUT2D eigenvalue weighted by atomic mass is 9.68. The quantitative estimate of drug-likeness (QED) is 0.679. The highest BCUT2D eigenvalue weighted by Crippen LogP contribution is 2.45. The number of aromatic nitrogens is 1. The van der Waals surface area contributed by atoms with Crippen LogP contribution in [0.15, 0.2) is 40.8 Å². The van der Waals surface area contributed by atoms with E-state index in [9.17, 15) is 9.59 Å². The minimum absolute atomic E-state index is 0.134. The zero-order valence-electron chi connectivity index (χ0n) is 17.6. The van der Waals surface area contributed by atoms with Gasteiger partial charge < -0.3 is 9.88 Å². The summed E-state index contributed by atoms with van der Waals surface area (Å²) in [7, 11) is 0. The maximum Gasteiger partial charge on any atom is 0.259 e. The summed E-state index contributed by atoms with van der Waals surface area (Å²) in [6, 6.07) is 6.07. The van der Waals surface area contributed by atoms with Crippen molar-refractivity contribution in [2.24, 2.45) is 11.8 Å². The minimum Gasteiger partial charge on any atom is -0.359 e. The summed E-state index contributed by atoms with van der Waals surface area (Å²) < 4.78 is 0. The Hall–Kier alpha value is -2.11. The van der Waals surface area contributed by atoms with Gasteiger partial charge in [-0.25, -0.2) is 0 Å². The molecule has 3 saturated heterocycles. The standard InChI is InChI=1S/C25H28ClN3O2/c26-20-7-3-6-18-22(20)27-13-19(24(18)30)25(31)29-10-4-5-15-11-16-12-17(23(15)29)14-28-9-2-1-8-21(16)28/h3,6-7,11,13,16-17,21,23H,1-2,4-5,8-10,12,14H2,(H,27,30)/t16-,17-,21+,23-/m0/s1. The lowest BCUT2D eigenvalue weighted by Gasteiger charge is -2.54. The van der Waals surface area contributed by atoms with Crippen molar-refractivity contribution in [1.82, 2.24) is 14.8 Å². The molecule has 3 fully saturated rings. The molecule has 1 aromatic carbocycles. The SMILES string of the molecule is O=C(c1c[nH]c2c(Cl)cccc2c1=O)N1CCCC2=C[C@H]3C[C@@H](CN4CCCC[C@H]34)[C@H]21. The van der Waals surface area contributed by atoms with Crippen LogP contribution in [0.4, 0.5) is 0 Å². The van der Waals surface area contributed by atoms with E-state index in [1.807, 2.05) is 4.90 Å². The van der Waals surface area contributed by atoms with Gasteiger partial charge in [0.05, 0.1) is 16.6 Å². The number of likely N-dealkylation sites (tertiary alicyclic amines) is 1. The van der Waals surface area contributed by atoms with Gasteiger partial charge in [0.1, 0.15) is 5.56 Å². The number of hydrogen-bond acceptors (Lipinski definition) is 3. The normalized spacial score (nSPS) is 30.5. The first kappa shape index (κ1) is 19.6. The molecular weight excluding hydrogens is 410 g/mol. The number of aromatic amines is 1. The molecule has 162 valence electrons. The van der Waals surface area contributed by atoms with Crippen molar-refractivity contribution in [3.8, 4) is 0 Å². The number of carbonyl (C=O) groups excluding carboxylic acids is 1. The number of piperidine rings is 3. The van der Waals surface area contributed by atoms with E-state index < -0.39 is 0 Å². The topological polar surface area (TPSA) is 56.4 Å². The number of hydrogen-bond donors (Lipinski definition) is 1. The number of amides is 1. The molecule has 4 heterocycles. The van der Waals surface area contributed by atoms with Gasteiger partial charge in [-0.3, -0.25) is 14.5 Å². The molecule has 3 aliphatic heterocycles. The average molecular weight is 438 g/mol. The Kier molecular flexibility index (Phi) is 4.73. The van der Waals surface area contributed by atoms with Crippen molar-refractivity contribution < 1.29 is 4.79 Å². The smallest absolute Gasteiger partial charge is 0.259 e. The molecule has 6 rings (SSSR count). The number of rotatable bonds is 1. The van der Waals surface area contributed by atoms with Crippen LogP contribution >= 0.6 is 11.6 Å². The van der Waals surface area contributed by atoms with E-state index in [4.69, 9.17) is 11.6 Å². The Morgan fingerprint density at radius 2 is 2.06 bits per heavy atom. The Morgan fingerprint density at radius 3 is 2.97 bits per heavy atom. The summed E-state index contributed by atoms with van der Waals surface area (Å²) in [6.45, 7) is 2.99. The molecule has 2 aromatic rings. The molecule has 6 heteroatoms. The number of nitrogens with one attached hydrogen (secondary N) is 1. The van der Waals surface area contributed by atoms with Gasteiger partial charge in [0.2, 0.25) is 5.43 Å². The van der Waals surface area contributed by atoms with Crippen molar-refractivity contribution in [2.75, 3.05) is 19.6 Å². The molecule has 4 atom stereocenters. The average Bonchev–Trinajstić information content (AvgIpc) is 2.79. The number of para-hydroxylation sites is 1. The van der Waals surface area contributed by atoms with Gasteiger partial charge in [0.15, 0.2) is 0 Å². The second-order valence-electron chi connectivity index (χ2n) is 9.70. The Bertz CT molecular complexity index is 1140. The van der Waals surface area contributed by atoms with Crippen molar-refractivity contribution in [2.45, 2.75) is 50.6 Å². The van der Waals surface area contributed by atoms with Crippen LogP contribution in [0.5, 0.6) is 0 Å². The predicted octanol–water partition coefficient (Wildman–Crippen LogP) is 4.22. The monoisotopic (exact) mass is 437 g/mol. The molecule has 0 radical (unpaired) electrons. The first-order valence-electron chi connectivity index (χ1n) is 11.7. The molecular formula is C25H28ClN3O2. The van der Waals surface area contributed by atoms with Crippen LogP contribution in [0, 0.1) is 11.8 Å². The van der Waals surface area contributed by atoms with Gasteiger partial charge in [-0.15, -0.1) is 0 Å². The van der Waals surface area contributed by atoms with Crippen LogP contribution in [0.2, 0.25) is 5.02 Å². The summed E-state index contributed by atoms with van der Waals surface area (Å²) in [5.74, 6) is 0.960. The first-order valence-corrected chi connectivity index (χ1v) is 12.0. The lowest BCUT2D eigenvalue weighted by molar-refractivity contribution is 0.00143. The second-order valence-corrected chi connectivity index (χ2v) is 10.1. The third kappa shape index (κ3) is 3.08. The van der Waals surface area contributed by atoms with E-state index in [0.717, 1.165) is 25.9 Å². The van der Waals surface area contributed by atoms with Crippen LogP contribution in [0.3, 0.4) is 0 Å². The van der Waals surface area contributed by atoms with Gasteiger partial charge in [0, 0.05) is 30.7 Å². The van der Waals surface area contributed by atoms with E-state index in [0.29, 0.717) is 33.8 Å². The van der Waals surface area contributed by atoms with Crippen LogP contribution in [0.25, 0.3) is 10.9 Å². The fraction of sp³-hybridized carbons (Fsp3) is 0.520. The maximum atomic E-state index is 13.7. The van der Waals surface area contributed by atoms with Gasteiger partial charge in [-0.2, -0.15) is 0 Å². The Balaban J connectivity index is 1.37. The van der Waals surface area contributed by atoms with Crippen molar-refractivity contribution in [1.29, 1.82) is 0 Å². The number of benzene rings is 1. The maximum absolute atomic E-state index is 13.7. The van der Waals surface area contributed by atoms with E-state index in [1.54, 1.807) is 24.4 Å². The fourth-order valence-corrected chi connectivity index (χ4v) is 6.96. The van der Waals surface area contributed by atoms with Crippen LogP contribution in [0.1, 0.15) is 48.9 Å². The Morgan fingerprint density at radius 1 is 1.16 bits per heavy atom. The van der Waals surface area contributed by atoms with E-state index in [2.05, 4.69) is 16.0 Å². The summed E-state index contributed by atoms with van der Waals surface area (Å²) in [4.78, 5) is 34.6. The van der Waals surface area contributed by atoms with Gasteiger partial charge in [0.25, 0.3) is 5.91 Å². The summed E-state index contributed by atoms with van der Waals surface area (Å²) >= 11 is 6.24. The highest BCUT2D eigenvalue weighted by atomic mass is 35.5. The molecule has 1 N–H and O–H groups in total. The minimum atomic E-state index is -0.231. The first-order chi connectivity index (χ1) is 15.1. The third-order valence-corrected chi connectivity index (χ3v) is 8.33. The van der Waals surface area contributed by atoms with Crippen LogP contribution in [-0.2, 0) is 0 Å². The summed E-state index contributed by atoms with van der Waals surface area (Å²) in [5, 5.41) is 0.970. The Labute approximate surface area is 187 Å². The van der Waals surface area contributed by atoms with Gasteiger partial charge >= 0.3 is 0 Å². The molecule has 1 amide bonds. The number of H-pyrrole nitrogens is 1. The number of nitrogens with zero attached hydrogens (tertiary/aromatic N) is 2. The molecule has 1 aromatic heterocycles. The molecule has 4 aliphatic rings. The molecule has 1 aliphatic carbocycles. The number of halogens is 1. The number of carbonyl (C=O) groups is 1. The lowest BCUT2D eigenvalue weighted by Crippen LogP contribution is -2.60. The highest BCUT2D eigenvalue weighted by Gasteiger charge is 2.47. The summed E-state index contributed by atoms with van der Waals surface area (Å²) in [5.41, 5.74) is 2.02. The van der Waals surface area contributed by atoms with E-state index >= 15 is 0 Å². The van der Waals surface area contributed by atoms with Crippen molar-refractivity contribution in [3.05, 3.63) is 56.9 Å². The van der Waals surface area contributed by atoms with Gasteiger partial charge in [-0.1, -0.05) is 35.7 Å². The molecule has 31 heavy (non-hydrogen) atoms. The largest absolute Gasteiger partial charge is 0.359 e. The highest BCUT2D eigenvalue weighted by molar-refractivity contribution is 6.35. The molecule has 0 unspecified atom stereocenters. The number of fused-ring (bicyclic) bond motifs is 7.